The highest BCUT2D eigenvalue weighted by atomic mass is 127. The van der Waals surface area contributed by atoms with E-state index in [-0.39, 0.29) is 24.0 Å². The number of hydrogen-bond donors (Lipinski definition) is 1. The van der Waals surface area contributed by atoms with Crippen LogP contribution in [-0.4, -0.2) is 52.7 Å². The maximum Gasteiger partial charge on any atom is 0.193 e. The van der Waals surface area contributed by atoms with Crippen molar-refractivity contribution in [2.45, 2.75) is 43.9 Å². The first kappa shape index (κ1) is 24.2. The molecule has 0 bridgehead atoms. The minimum Gasteiger partial charge on any atom is -0.356 e. The van der Waals surface area contributed by atoms with Crippen LogP contribution in [0.15, 0.2) is 34.2 Å². The number of halogens is 1. The highest BCUT2D eigenvalue weighted by Gasteiger charge is 2.20. The van der Waals surface area contributed by atoms with E-state index < -0.39 is 9.84 Å². The molecular formula is C20H34IN3O2S. The van der Waals surface area contributed by atoms with Crippen LogP contribution in [0.1, 0.15) is 38.2 Å². The molecule has 1 saturated carbocycles. The zero-order valence-electron chi connectivity index (χ0n) is 16.9. The van der Waals surface area contributed by atoms with Gasteiger partial charge < -0.3 is 10.2 Å². The van der Waals surface area contributed by atoms with Crippen LogP contribution in [0.4, 0.5) is 0 Å². The van der Waals surface area contributed by atoms with Gasteiger partial charge in [-0.3, -0.25) is 4.99 Å². The second kappa shape index (κ2) is 11.2. The van der Waals surface area contributed by atoms with Gasteiger partial charge in [0.1, 0.15) is 0 Å². The third kappa shape index (κ3) is 7.97. The summed E-state index contributed by atoms with van der Waals surface area (Å²) in [5.41, 5.74) is 1.12. The van der Waals surface area contributed by atoms with Gasteiger partial charge in [0.05, 0.1) is 4.90 Å². The van der Waals surface area contributed by atoms with Crippen LogP contribution >= 0.6 is 24.0 Å². The standard InChI is InChI=1S/C20H33N3O2S.HI/c1-16-5-7-18(8-6-16)15-23(3)20(21-2)22-14-13-17-9-11-19(12-10-17)26(4,24)25;/h9-12,16,18H,5-8,13-15H2,1-4H3,(H,21,22);1H. The fourth-order valence-corrected chi connectivity index (χ4v) is 4.22. The van der Waals surface area contributed by atoms with Gasteiger partial charge >= 0.3 is 0 Å². The van der Waals surface area contributed by atoms with Crippen LogP contribution in [0, 0.1) is 11.8 Å². The van der Waals surface area contributed by atoms with Crippen molar-refractivity contribution in [3.05, 3.63) is 29.8 Å². The quantitative estimate of drug-likeness (QED) is 0.363. The van der Waals surface area contributed by atoms with Gasteiger partial charge in [0, 0.05) is 33.4 Å². The summed E-state index contributed by atoms with van der Waals surface area (Å²) >= 11 is 0. The molecule has 0 heterocycles. The van der Waals surface area contributed by atoms with E-state index in [0.717, 1.165) is 42.9 Å². The Morgan fingerprint density at radius 2 is 1.78 bits per heavy atom. The van der Waals surface area contributed by atoms with Crippen molar-refractivity contribution >= 4 is 39.8 Å². The molecule has 0 spiro atoms. The smallest absolute Gasteiger partial charge is 0.193 e. The second-order valence-electron chi connectivity index (χ2n) is 7.65. The Labute approximate surface area is 182 Å². The highest BCUT2D eigenvalue weighted by Crippen LogP contribution is 2.28. The highest BCUT2D eigenvalue weighted by molar-refractivity contribution is 14.0. The molecule has 0 amide bonds. The molecule has 7 heteroatoms. The summed E-state index contributed by atoms with van der Waals surface area (Å²) in [5, 5.41) is 3.42. The molecule has 5 nitrogen and oxygen atoms in total. The Morgan fingerprint density at radius 3 is 2.30 bits per heavy atom. The number of aliphatic imine (C=N–C) groups is 1. The molecule has 0 aromatic heterocycles. The molecule has 2 rings (SSSR count). The number of rotatable bonds is 6. The van der Waals surface area contributed by atoms with Crippen molar-refractivity contribution in [1.82, 2.24) is 10.2 Å². The molecule has 1 N–H and O–H groups in total. The van der Waals surface area contributed by atoms with Crippen LogP contribution in [0.25, 0.3) is 0 Å². The first-order chi connectivity index (χ1) is 12.3. The maximum absolute atomic E-state index is 11.5. The summed E-state index contributed by atoms with van der Waals surface area (Å²) in [5.74, 6) is 2.57. The molecule has 154 valence electrons. The monoisotopic (exact) mass is 507 g/mol. The van der Waals surface area contributed by atoms with Gasteiger partial charge in [0.15, 0.2) is 15.8 Å². The topological polar surface area (TPSA) is 61.8 Å². The van der Waals surface area contributed by atoms with Crippen LogP contribution in [-0.2, 0) is 16.3 Å². The van der Waals surface area contributed by atoms with Crippen molar-refractivity contribution in [3.8, 4) is 0 Å². The van der Waals surface area contributed by atoms with Crippen molar-refractivity contribution < 1.29 is 8.42 Å². The third-order valence-electron chi connectivity index (χ3n) is 5.29. The number of nitrogens with zero attached hydrogens (tertiary/aromatic N) is 2. The molecule has 1 aromatic carbocycles. The number of nitrogens with one attached hydrogen (secondary N) is 1. The van der Waals surface area contributed by atoms with E-state index in [1.165, 1.54) is 31.9 Å². The molecule has 1 fully saturated rings. The predicted octanol–water partition coefficient (Wildman–Crippen LogP) is 3.58. The number of guanidine groups is 1. The van der Waals surface area contributed by atoms with Gasteiger partial charge in [-0.25, -0.2) is 8.42 Å². The summed E-state index contributed by atoms with van der Waals surface area (Å²) in [7, 11) is 0.800. The van der Waals surface area contributed by atoms with E-state index >= 15 is 0 Å². The van der Waals surface area contributed by atoms with Gasteiger partial charge in [0.25, 0.3) is 0 Å². The van der Waals surface area contributed by atoms with E-state index in [4.69, 9.17) is 0 Å². The van der Waals surface area contributed by atoms with Gasteiger partial charge in [-0.15, -0.1) is 24.0 Å². The molecule has 0 aliphatic heterocycles. The van der Waals surface area contributed by atoms with E-state index in [2.05, 4.69) is 29.2 Å². The van der Waals surface area contributed by atoms with Crippen molar-refractivity contribution in [1.29, 1.82) is 0 Å². The van der Waals surface area contributed by atoms with Crippen molar-refractivity contribution in [2.24, 2.45) is 16.8 Å². The lowest BCUT2D eigenvalue weighted by atomic mass is 9.83. The van der Waals surface area contributed by atoms with Gasteiger partial charge in [-0.1, -0.05) is 31.9 Å². The molecule has 0 saturated heterocycles. The molecule has 0 unspecified atom stereocenters. The van der Waals surface area contributed by atoms with E-state index in [1.54, 1.807) is 12.1 Å². The van der Waals surface area contributed by atoms with Crippen molar-refractivity contribution in [3.63, 3.8) is 0 Å². The predicted molar refractivity (Wildman–Crippen MR) is 124 cm³/mol. The van der Waals surface area contributed by atoms with Gasteiger partial charge in [-0.05, 0) is 48.8 Å². The Morgan fingerprint density at radius 1 is 1.19 bits per heavy atom. The molecule has 0 radical (unpaired) electrons. The zero-order chi connectivity index (χ0) is 19.2. The van der Waals surface area contributed by atoms with Crippen LogP contribution in [0.2, 0.25) is 0 Å². The lowest BCUT2D eigenvalue weighted by molar-refractivity contribution is 0.250. The Hall–Kier alpha value is -0.830. The Kier molecular flexibility index (Phi) is 10.1. The normalized spacial score (nSPS) is 20.7. The molecule has 1 aliphatic carbocycles. The fourth-order valence-electron chi connectivity index (χ4n) is 3.59. The SMILES string of the molecule is CN=C(NCCc1ccc(S(C)(=O)=O)cc1)N(C)CC1CCC(C)CC1.I. The van der Waals surface area contributed by atoms with E-state index in [9.17, 15) is 8.42 Å². The molecule has 1 aliphatic rings. The van der Waals surface area contributed by atoms with Crippen LogP contribution in [0.3, 0.4) is 0 Å². The minimum absolute atomic E-state index is 0. The molecule has 27 heavy (non-hydrogen) atoms. The van der Waals surface area contributed by atoms with Crippen LogP contribution < -0.4 is 5.32 Å². The summed E-state index contributed by atoms with van der Waals surface area (Å²) in [6, 6.07) is 7.12. The average Bonchev–Trinajstić information content (AvgIpc) is 2.60. The summed E-state index contributed by atoms with van der Waals surface area (Å²) < 4.78 is 23.0. The van der Waals surface area contributed by atoms with Crippen LogP contribution in [0.5, 0.6) is 0 Å². The number of sulfone groups is 1. The summed E-state index contributed by atoms with van der Waals surface area (Å²) in [4.78, 5) is 6.99. The van der Waals surface area contributed by atoms with Gasteiger partial charge in [-0.2, -0.15) is 0 Å². The second-order valence-corrected chi connectivity index (χ2v) is 9.66. The van der Waals surface area contributed by atoms with Gasteiger partial charge in [0.2, 0.25) is 0 Å². The molecule has 1 aromatic rings. The lowest BCUT2D eigenvalue weighted by Crippen LogP contribution is -2.42. The number of benzene rings is 1. The Bertz CT molecular complexity index is 696. The average molecular weight is 507 g/mol. The lowest BCUT2D eigenvalue weighted by Gasteiger charge is -2.31. The number of hydrogen-bond acceptors (Lipinski definition) is 3. The van der Waals surface area contributed by atoms with Crippen molar-refractivity contribution in [2.75, 3.05) is 33.4 Å². The zero-order valence-corrected chi connectivity index (χ0v) is 20.1. The molecular weight excluding hydrogens is 473 g/mol. The maximum atomic E-state index is 11.5. The van der Waals surface area contributed by atoms with E-state index in [1.807, 2.05) is 19.2 Å². The summed E-state index contributed by atoms with van der Waals surface area (Å²) in [6.07, 6.45) is 7.38. The first-order valence-electron chi connectivity index (χ1n) is 9.50. The Balaban J connectivity index is 0.00000364. The molecule has 0 atom stereocenters. The summed E-state index contributed by atoms with van der Waals surface area (Å²) in [6.45, 7) is 4.18. The fraction of sp³-hybridized carbons (Fsp3) is 0.650. The van der Waals surface area contributed by atoms with E-state index in [0.29, 0.717) is 4.90 Å². The largest absolute Gasteiger partial charge is 0.356 e. The first-order valence-corrected chi connectivity index (χ1v) is 11.4. The minimum atomic E-state index is -3.13. The third-order valence-corrected chi connectivity index (χ3v) is 6.42.